The van der Waals surface area contributed by atoms with Crippen LogP contribution in [0.1, 0.15) is 15.3 Å². The van der Waals surface area contributed by atoms with Crippen molar-refractivity contribution in [2.24, 2.45) is 0 Å². The van der Waals surface area contributed by atoms with Crippen molar-refractivity contribution in [1.82, 2.24) is 0 Å². The molecule has 0 aliphatic carbocycles. The van der Waals surface area contributed by atoms with Gasteiger partial charge in [-0.25, -0.2) is 0 Å². The van der Waals surface area contributed by atoms with Gasteiger partial charge < -0.3 is 0 Å². The van der Waals surface area contributed by atoms with Crippen LogP contribution in [0.3, 0.4) is 0 Å². The first-order valence-corrected chi connectivity index (χ1v) is 7.27. The van der Waals surface area contributed by atoms with Gasteiger partial charge in [-0.3, -0.25) is 0 Å². The fourth-order valence-electron chi connectivity index (χ4n) is 1.27. The van der Waals surface area contributed by atoms with Crippen LogP contribution >= 0.6 is 54.8 Å². The number of hydrogen-bond acceptors (Lipinski definition) is 1. The molecule has 15 heavy (non-hydrogen) atoms. The Balaban J connectivity index is 2.32. The average molecular weight is 367 g/mol. The first-order chi connectivity index (χ1) is 7.18. The fraction of sp³-hybridized carbons (Fsp3) is 0.0909. The number of hydrogen-bond donors (Lipinski definition) is 0. The van der Waals surface area contributed by atoms with Crippen molar-refractivity contribution in [2.45, 2.75) is 4.83 Å². The van der Waals surface area contributed by atoms with Crippen LogP contribution in [0.4, 0.5) is 0 Å². The molecule has 0 saturated heterocycles. The Morgan fingerprint density at radius 3 is 2.33 bits per heavy atom. The molecule has 0 spiro atoms. The number of benzene rings is 1. The maximum atomic E-state index is 6.09. The summed E-state index contributed by atoms with van der Waals surface area (Å²) in [5, 5.41) is 2.83. The van der Waals surface area contributed by atoms with Crippen LogP contribution < -0.4 is 0 Å². The number of thiophene rings is 1. The number of alkyl halides is 1. The highest BCUT2D eigenvalue weighted by molar-refractivity contribution is 9.10. The molecular weight excluding hydrogens is 359 g/mol. The molecule has 0 N–H and O–H groups in total. The highest BCUT2D eigenvalue weighted by Crippen LogP contribution is 2.38. The molecule has 1 atom stereocenters. The van der Waals surface area contributed by atoms with Gasteiger partial charge in [0, 0.05) is 9.35 Å². The lowest BCUT2D eigenvalue weighted by Crippen LogP contribution is -1.89. The molecule has 1 aromatic heterocycles. The summed E-state index contributed by atoms with van der Waals surface area (Å²) in [5.74, 6) is 0. The Hall–Kier alpha value is 0.170. The lowest BCUT2D eigenvalue weighted by molar-refractivity contribution is 1.22. The number of halogens is 3. The summed E-state index contributed by atoms with van der Waals surface area (Å²) in [6, 6.07) is 10.2. The zero-order valence-electron chi connectivity index (χ0n) is 7.58. The SMILES string of the molecule is Clc1ccsc1C(Br)c1ccc(Br)cc1. The van der Waals surface area contributed by atoms with E-state index in [2.05, 4.69) is 44.0 Å². The molecule has 2 aromatic rings. The van der Waals surface area contributed by atoms with Crippen molar-refractivity contribution >= 4 is 54.8 Å². The van der Waals surface area contributed by atoms with Crippen LogP contribution in [0.15, 0.2) is 40.2 Å². The van der Waals surface area contributed by atoms with E-state index in [0.29, 0.717) is 0 Å². The molecule has 0 aliphatic rings. The Morgan fingerprint density at radius 2 is 1.80 bits per heavy atom. The van der Waals surface area contributed by atoms with E-state index < -0.39 is 0 Å². The van der Waals surface area contributed by atoms with Gasteiger partial charge in [-0.2, -0.15) is 0 Å². The number of rotatable bonds is 2. The third kappa shape index (κ3) is 2.64. The molecule has 0 bridgehead atoms. The molecule has 0 saturated carbocycles. The van der Waals surface area contributed by atoms with E-state index in [4.69, 9.17) is 11.6 Å². The normalized spacial score (nSPS) is 12.7. The lowest BCUT2D eigenvalue weighted by atomic mass is 10.1. The minimum absolute atomic E-state index is 0.179. The summed E-state index contributed by atoms with van der Waals surface area (Å²) in [4.78, 5) is 1.33. The minimum atomic E-state index is 0.179. The van der Waals surface area contributed by atoms with E-state index in [-0.39, 0.29) is 4.83 Å². The predicted molar refractivity (Wildman–Crippen MR) is 74.2 cm³/mol. The van der Waals surface area contributed by atoms with Gasteiger partial charge in [-0.15, -0.1) is 11.3 Å². The van der Waals surface area contributed by atoms with E-state index >= 15 is 0 Å². The summed E-state index contributed by atoms with van der Waals surface area (Å²) >= 11 is 14.8. The summed E-state index contributed by atoms with van der Waals surface area (Å²) in [5.41, 5.74) is 1.21. The summed E-state index contributed by atoms with van der Waals surface area (Å²) < 4.78 is 1.09. The Labute approximate surface area is 115 Å². The summed E-state index contributed by atoms with van der Waals surface area (Å²) in [6.07, 6.45) is 0. The predicted octanol–water partition coefficient (Wildman–Crippen LogP) is 5.65. The standard InChI is InChI=1S/C11H7Br2ClS/c12-8-3-1-7(2-4-8)10(13)11-9(14)5-6-15-11/h1-6,10H. The van der Waals surface area contributed by atoms with Gasteiger partial charge in [0.25, 0.3) is 0 Å². The molecule has 78 valence electrons. The fourth-order valence-corrected chi connectivity index (χ4v) is 3.71. The van der Waals surface area contributed by atoms with Gasteiger partial charge in [0.1, 0.15) is 0 Å². The highest BCUT2D eigenvalue weighted by Gasteiger charge is 2.14. The van der Waals surface area contributed by atoms with Crippen molar-refractivity contribution in [3.8, 4) is 0 Å². The monoisotopic (exact) mass is 364 g/mol. The van der Waals surface area contributed by atoms with Crippen molar-refractivity contribution in [3.05, 3.63) is 55.6 Å². The van der Waals surface area contributed by atoms with E-state index in [1.807, 2.05) is 23.6 Å². The third-order valence-electron chi connectivity index (χ3n) is 2.04. The molecule has 1 aromatic carbocycles. The lowest BCUT2D eigenvalue weighted by Gasteiger charge is -2.08. The summed E-state index contributed by atoms with van der Waals surface area (Å²) in [6.45, 7) is 0. The molecule has 0 radical (unpaired) electrons. The third-order valence-corrected chi connectivity index (χ3v) is 5.28. The molecular formula is C11H7Br2ClS. The summed E-state index contributed by atoms with van der Waals surface area (Å²) in [7, 11) is 0. The first-order valence-electron chi connectivity index (χ1n) is 4.31. The minimum Gasteiger partial charge on any atom is -0.146 e. The Bertz CT molecular complexity index is 450. The quantitative estimate of drug-likeness (QED) is 0.603. The van der Waals surface area contributed by atoms with Crippen molar-refractivity contribution in [3.63, 3.8) is 0 Å². The van der Waals surface area contributed by atoms with Gasteiger partial charge >= 0.3 is 0 Å². The van der Waals surface area contributed by atoms with Crippen LogP contribution in [0.2, 0.25) is 5.02 Å². The van der Waals surface area contributed by atoms with Crippen LogP contribution in [0.25, 0.3) is 0 Å². The molecule has 0 nitrogen and oxygen atoms in total. The molecule has 4 heteroatoms. The van der Waals surface area contributed by atoms with Gasteiger partial charge in [-0.1, -0.05) is 55.6 Å². The molecule has 1 unspecified atom stereocenters. The van der Waals surface area contributed by atoms with E-state index in [1.165, 1.54) is 5.56 Å². The average Bonchev–Trinajstić information content (AvgIpc) is 2.65. The Kier molecular flexibility index (Phi) is 3.88. The van der Waals surface area contributed by atoms with Gasteiger partial charge in [-0.05, 0) is 29.1 Å². The molecule has 0 aliphatic heterocycles. The van der Waals surface area contributed by atoms with Crippen LogP contribution in [-0.4, -0.2) is 0 Å². The maximum Gasteiger partial charge on any atom is 0.0753 e. The van der Waals surface area contributed by atoms with Gasteiger partial charge in [0.15, 0.2) is 0 Å². The van der Waals surface area contributed by atoms with Gasteiger partial charge in [0.05, 0.1) is 9.85 Å². The molecule has 2 rings (SSSR count). The van der Waals surface area contributed by atoms with E-state index in [9.17, 15) is 0 Å². The second-order valence-corrected chi connectivity index (χ2v) is 6.23. The van der Waals surface area contributed by atoms with Crippen LogP contribution in [0.5, 0.6) is 0 Å². The van der Waals surface area contributed by atoms with Crippen LogP contribution in [0, 0.1) is 0 Å². The van der Waals surface area contributed by atoms with Gasteiger partial charge in [0.2, 0.25) is 0 Å². The highest BCUT2D eigenvalue weighted by atomic mass is 79.9. The van der Waals surface area contributed by atoms with E-state index in [0.717, 1.165) is 14.4 Å². The van der Waals surface area contributed by atoms with Crippen molar-refractivity contribution in [2.75, 3.05) is 0 Å². The second-order valence-electron chi connectivity index (χ2n) is 3.05. The van der Waals surface area contributed by atoms with E-state index in [1.54, 1.807) is 11.3 Å². The van der Waals surface area contributed by atoms with Crippen molar-refractivity contribution < 1.29 is 0 Å². The Morgan fingerprint density at radius 1 is 1.13 bits per heavy atom. The second kappa shape index (κ2) is 5.00. The van der Waals surface area contributed by atoms with Crippen molar-refractivity contribution in [1.29, 1.82) is 0 Å². The largest absolute Gasteiger partial charge is 0.146 e. The van der Waals surface area contributed by atoms with Crippen LogP contribution in [-0.2, 0) is 0 Å². The smallest absolute Gasteiger partial charge is 0.0753 e. The topological polar surface area (TPSA) is 0 Å². The maximum absolute atomic E-state index is 6.09. The zero-order chi connectivity index (χ0) is 10.8. The first kappa shape index (κ1) is 11.6. The molecule has 1 heterocycles. The molecule has 0 fully saturated rings. The molecule has 0 amide bonds. The zero-order valence-corrected chi connectivity index (χ0v) is 12.3.